The molecule has 1 atom stereocenters. The molecule has 3 N–H and O–H groups in total. The minimum Gasteiger partial charge on any atom is -0.475 e. The summed E-state index contributed by atoms with van der Waals surface area (Å²) in [6.07, 6.45) is -4.74. The fourth-order valence-corrected chi connectivity index (χ4v) is 2.57. The third kappa shape index (κ3) is 4.25. The molecule has 0 saturated heterocycles. The number of rotatable bonds is 6. The second-order valence-electron chi connectivity index (χ2n) is 6.03. The number of hydrogen-bond acceptors (Lipinski definition) is 5. The number of oxazole rings is 1. The number of benzene rings is 2. The minimum absolute atomic E-state index is 0.137. The number of nitrogens with two attached hydrogens (primary N) is 1. The lowest BCUT2D eigenvalue weighted by Crippen LogP contribution is -2.18. The molecule has 0 unspecified atom stereocenters. The summed E-state index contributed by atoms with van der Waals surface area (Å²) in [7, 11) is 0. The number of primary amides is 1. The largest absolute Gasteiger partial charge is 0.475 e. The fourth-order valence-electron chi connectivity index (χ4n) is 2.57. The molecule has 0 radical (unpaired) electrons. The second kappa shape index (κ2) is 8.11. The maximum atomic E-state index is 14.3. The average Bonchev–Trinajstić information content (AvgIpc) is 3.17. The maximum Gasteiger partial charge on any atom is 0.416 e. The maximum absolute atomic E-state index is 14.3. The third-order valence-corrected chi connectivity index (χ3v) is 4.04. The van der Waals surface area contributed by atoms with Crippen LogP contribution in [0.3, 0.4) is 0 Å². The second-order valence-corrected chi connectivity index (χ2v) is 6.03. The molecule has 6 nitrogen and oxygen atoms in total. The summed E-state index contributed by atoms with van der Waals surface area (Å²) in [5, 5.41) is 9.53. The zero-order valence-electron chi connectivity index (χ0n) is 14.9. The molecule has 1 amide bonds. The molecule has 2 aromatic carbocycles. The van der Waals surface area contributed by atoms with Crippen molar-refractivity contribution >= 4 is 5.91 Å². The molecule has 0 saturated carbocycles. The first-order valence-electron chi connectivity index (χ1n) is 8.30. The molecule has 3 aromatic rings. The third-order valence-electron chi connectivity index (χ3n) is 4.04. The Labute approximate surface area is 165 Å². The number of carbonyl (C=O) groups is 1. The Morgan fingerprint density at radius 1 is 1.17 bits per heavy atom. The van der Waals surface area contributed by atoms with Crippen LogP contribution in [0.2, 0.25) is 0 Å². The van der Waals surface area contributed by atoms with Crippen molar-refractivity contribution in [2.75, 3.05) is 6.61 Å². The van der Waals surface area contributed by atoms with E-state index in [1.165, 1.54) is 12.1 Å². The molecular weight excluding hydrogens is 415 g/mol. The number of ether oxygens (including phenoxy) is 1. The quantitative estimate of drug-likeness (QED) is 0.581. The van der Waals surface area contributed by atoms with Crippen LogP contribution in [0.25, 0.3) is 11.3 Å². The van der Waals surface area contributed by atoms with Crippen LogP contribution in [-0.2, 0) is 6.18 Å². The predicted octanol–water partition coefficient (Wildman–Crippen LogP) is 3.85. The molecule has 0 bridgehead atoms. The van der Waals surface area contributed by atoms with Crippen LogP contribution in [0.4, 0.5) is 22.0 Å². The van der Waals surface area contributed by atoms with Gasteiger partial charge in [-0.1, -0.05) is 12.1 Å². The molecular formula is C19H13F5N2O4. The van der Waals surface area contributed by atoms with Gasteiger partial charge in [0.1, 0.15) is 23.3 Å². The van der Waals surface area contributed by atoms with Crippen molar-refractivity contribution < 1.29 is 41.0 Å². The SMILES string of the molecule is NC(=O)c1c(F)ccc(O[C@H](CO)c2nc(-c3ccc(C(F)(F)F)cc3)co2)c1F. The average molecular weight is 428 g/mol. The number of amides is 1. The van der Waals surface area contributed by atoms with E-state index in [4.69, 9.17) is 14.9 Å². The van der Waals surface area contributed by atoms with Gasteiger partial charge in [-0.15, -0.1) is 0 Å². The van der Waals surface area contributed by atoms with Gasteiger partial charge < -0.3 is 20.0 Å². The molecule has 158 valence electrons. The van der Waals surface area contributed by atoms with E-state index in [2.05, 4.69) is 4.98 Å². The van der Waals surface area contributed by atoms with Gasteiger partial charge in [0.25, 0.3) is 5.91 Å². The van der Waals surface area contributed by atoms with Crippen molar-refractivity contribution in [1.29, 1.82) is 0 Å². The van der Waals surface area contributed by atoms with E-state index in [1.54, 1.807) is 0 Å². The lowest BCUT2D eigenvalue weighted by Gasteiger charge is -2.15. The zero-order chi connectivity index (χ0) is 22.1. The van der Waals surface area contributed by atoms with E-state index in [-0.39, 0.29) is 11.6 Å². The summed E-state index contributed by atoms with van der Waals surface area (Å²) in [5.74, 6) is -4.71. The molecule has 0 spiro atoms. The van der Waals surface area contributed by atoms with Crippen molar-refractivity contribution in [2.45, 2.75) is 12.3 Å². The summed E-state index contributed by atoms with van der Waals surface area (Å²) >= 11 is 0. The fraction of sp³-hybridized carbons (Fsp3) is 0.158. The molecule has 0 aliphatic carbocycles. The van der Waals surface area contributed by atoms with Crippen LogP contribution < -0.4 is 10.5 Å². The molecule has 1 aromatic heterocycles. The van der Waals surface area contributed by atoms with Crippen molar-refractivity contribution in [1.82, 2.24) is 4.98 Å². The highest BCUT2D eigenvalue weighted by atomic mass is 19.4. The Bertz CT molecular complexity index is 1060. The van der Waals surface area contributed by atoms with Crippen LogP contribution in [0.1, 0.15) is 27.9 Å². The first kappa shape index (κ1) is 21.2. The molecule has 0 fully saturated rings. The number of alkyl halides is 3. The van der Waals surface area contributed by atoms with E-state index < -0.39 is 53.3 Å². The molecule has 0 aliphatic rings. The van der Waals surface area contributed by atoms with Crippen molar-refractivity contribution in [3.8, 4) is 17.0 Å². The topological polar surface area (TPSA) is 98.6 Å². The van der Waals surface area contributed by atoms with Gasteiger partial charge in [0.2, 0.25) is 5.89 Å². The van der Waals surface area contributed by atoms with E-state index >= 15 is 0 Å². The lowest BCUT2D eigenvalue weighted by molar-refractivity contribution is -0.137. The van der Waals surface area contributed by atoms with Crippen LogP contribution in [0, 0.1) is 11.6 Å². The Balaban J connectivity index is 1.85. The highest BCUT2D eigenvalue weighted by molar-refractivity contribution is 5.93. The van der Waals surface area contributed by atoms with Crippen LogP contribution in [0.15, 0.2) is 47.1 Å². The van der Waals surface area contributed by atoms with Gasteiger partial charge >= 0.3 is 6.18 Å². The van der Waals surface area contributed by atoms with Gasteiger partial charge in [0.15, 0.2) is 17.7 Å². The van der Waals surface area contributed by atoms with Gasteiger partial charge in [0.05, 0.1) is 12.2 Å². The minimum atomic E-state index is -4.49. The number of aliphatic hydroxyl groups is 1. The van der Waals surface area contributed by atoms with Gasteiger partial charge in [-0.3, -0.25) is 4.79 Å². The number of halogens is 5. The van der Waals surface area contributed by atoms with Gasteiger partial charge in [0, 0.05) is 5.56 Å². The van der Waals surface area contributed by atoms with Crippen molar-refractivity contribution in [3.05, 3.63) is 71.3 Å². The number of hydrogen-bond donors (Lipinski definition) is 2. The Kier molecular flexibility index (Phi) is 5.74. The summed E-state index contributed by atoms with van der Waals surface area (Å²) in [4.78, 5) is 15.2. The predicted molar refractivity (Wildman–Crippen MR) is 92.3 cm³/mol. The monoisotopic (exact) mass is 428 g/mol. The van der Waals surface area contributed by atoms with E-state index in [0.717, 1.165) is 30.5 Å². The summed E-state index contributed by atoms with van der Waals surface area (Å²) in [6, 6.07) is 5.73. The summed E-state index contributed by atoms with van der Waals surface area (Å²) in [5.41, 5.74) is 3.51. The van der Waals surface area contributed by atoms with E-state index in [9.17, 15) is 31.9 Å². The van der Waals surface area contributed by atoms with Crippen molar-refractivity contribution in [3.63, 3.8) is 0 Å². The van der Waals surface area contributed by atoms with Gasteiger partial charge in [-0.05, 0) is 24.3 Å². The number of aromatic nitrogens is 1. The summed E-state index contributed by atoms with van der Waals surface area (Å²) in [6.45, 7) is -0.740. The highest BCUT2D eigenvalue weighted by Gasteiger charge is 2.30. The van der Waals surface area contributed by atoms with Crippen LogP contribution >= 0.6 is 0 Å². The first-order valence-corrected chi connectivity index (χ1v) is 8.30. The summed E-state index contributed by atoms with van der Waals surface area (Å²) < 4.78 is 76.3. The molecule has 11 heteroatoms. The smallest absolute Gasteiger partial charge is 0.416 e. The van der Waals surface area contributed by atoms with Gasteiger partial charge in [-0.25, -0.2) is 13.8 Å². The Morgan fingerprint density at radius 3 is 2.40 bits per heavy atom. The Morgan fingerprint density at radius 2 is 1.83 bits per heavy atom. The zero-order valence-corrected chi connectivity index (χ0v) is 14.9. The molecule has 30 heavy (non-hydrogen) atoms. The first-order chi connectivity index (χ1) is 14.1. The molecule has 1 heterocycles. The number of carbonyl (C=O) groups excluding carboxylic acids is 1. The van der Waals surface area contributed by atoms with E-state index in [0.29, 0.717) is 5.56 Å². The normalized spacial score (nSPS) is 12.6. The number of nitrogens with zero attached hydrogens (tertiary/aromatic N) is 1. The molecule has 3 rings (SSSR count). The number of aliphatic hydroxyl groups excluding tert-OH is 1. The van der Waals surface area contributed by atoms with Crippen LogP contribution in [-0.4, -0.2) is 22.6 Å². The molecule has 0 aliphatic heterocycles. The highest BCUT2D eigenvalue weighted by Crippen LogP contribution is 2.32. The standard InChI is InChI=1S/C19H13F5N2O4/c20-11-5-6-13(16(21)15(11)17(25)28)30-14(7-27)18-26-12(8-29-18)9-1-3-10(4-2-9)19(22,23)24/h1-6,8,14,27H,7H2,(H2,25,28)/t14-/m1/s1. The van der Waals surface area contributed by atoms with E-state index in [1.807, 2.05) is 0 Å². The van der Waals surface area contributed by atoms with Crippen molar-refractivity contribution in [2.24, 2.45) is 5.73 Å². The van der Waals surface area contributed by atoms with Crippen LogP contribution in [0.5, 0.6) is 5.75 Å². The lowest BCUT2D eigenvalue weighted by atomic mass is 10.1. The Hall–Kier alpha value is -3.47. The van der Waals surface area contributed by atoms with Gasteiger partial charge in [-0.2, -0.15) is 13.2 Å².